The van der Waals surface area contributed by atoms with Gasteiger partial charge in [0.25, 0.3) is 0 Å². The molecule has 0 aromatic heterocycles. The van der Waals surface area contributed by atoms with Gasteiger partial charge in [-0.2, -0.15) is 0 Å². The van der Waals surface area contributed by atoms with Crippen molar-refractivity contribution >= 4 is 0 Å². The Kier molecular flexibility index (Phi) is 9.81. The average Bonchev–Trinajstić information content (AvgIpc) is 2.89. The van der Waals surface area contributed by atoms with Gasteiger partial charge in [0.05, 0.1) is 0 Å². The third kappa shape index (κ3) is 7.54. The Balaban J connectivity index is 1.36. The van der Waals surface area contributed by atoms with Crippen molar-refractivity contribution in [2.45, 2.75) is 117 Å². The molecule has 4 unspecified atom stereocenters. The van der Waals surface area contributed by atoms with E-state index in [-0.39, 0.29) is 12.2 Å². The number of piperidine rings is 2. The molecule has 2 saturated heterocycles. The number of rotatable bonds is 9. The van der Waals surface area contributed by atoms with E-state index in [1.165, 1.54) is 11.1 Å². The lowest BCUT2D eigenvalue weighted by atomic mass is 9.85. The fourth-order valence-corrected chi connectivity index (χ4v) is 6.04. The molecule has 0 spiro atoms. The first-order valence-electron chi connectivity index (χ1n) is 15.1. The third-order valence-corrected chi connectivity index (χ3v) is 8.79. The van der Waals surface area contributed by atoms with E-state index < -0.39 is 0 Å². The summed E-state index contributed by atoms with van der Waals surface area (Å²) >= 11 is 0. The molecule has 2 aromatic carbocycles. The average molecular weight is 521 g/mol. The van der Waals surface area contributed by atoms with Gasteiger partial charge in [-0.15, -0.1) is 0 Å². The Labute approximate surface area is 232 Å². The highest BCUT2D eigenvalue weighted by Crippen LogP contribution is 2.31. The summed E-state index contributed by atoms with van der Waals surface area (Å²) in [7, 11) is 0. The summed E-state index contributed by atoms with van der Waals surface area (Å²) in [5.74, 6) is 4.38. The maximum Gasteiger partial charge on any atom is 0.119 e. The Bertz CT molecular complexity index is 869. The van der Waals surface area contributed by atoms with Crippen molar-refractivity contribution < 1.29 is 9.47 Å². The summed E-state index contributed by atoms with van der Waals surface area (Å²) < 4.78 is 13.0. The summed E-state index contributed by atoms with van der Waals surface area (Å²) in [6.07, 6.45) is 4.79. The number of hydrogen-bond donors (Lipinski definition) is 2. The molecule has 2 aliphatic heterocycles. The van der Waals surface area contributed by atoms with E-state index in [1.54, 1.807) is 0 Å². The minimum atomic E-state index is 0.263. The largest absolute Gasteiger partial charge is 0.490 e. The Hall–Kier alpha value is -2.04. The van der Waals surface area contributed by atoms with E-state index in [2.05, 4.69) is 115 Å². The molecule has 0 amide bonds. The van der Waals surface area contributed by atoms with Crippen LogP contribution < -0.4 is 20.1 Å². The number of hydrogen-bond acceptors (Lipinski definition) is 4. The summed E-state index contributed by atoms with van der Waals surface area (Å²) in [6.45, 7) is 18.4. The van der Waals surface area contributed by atoms with Gasteiger partial charge in [-0.3, -0.25) is 0 Å². The molecule has 210 valence electrons. The number of benzene rings is 2. The van der Waals surface area contributed by atoms with Gasteiger partial charge in [0.1, 0.15) is 23.7 Å². The monoisotopic (exact) mass is 520 g/mol. The first-order valence-corrected chi connectivity index (χ1v) is 15.1. The zero-order chi connectivity index (χ0) is 27.4. The van der Waals surface area contributed by atoms with Crippen molar-refractivity contribution in [3.8, 4) is 22.6 Å². The topological polar surface area (TPSA) is 42.5 Å². The summed E-state index contributed by atoms with van der Waals surface area (Å²) in [5.41, 5.74) is 2.41. The maximum absolute atomic E-state index is 6.50. The van der Waals surface area contributed by atoms with Crippen LogP contribution in [0.2, 0.25) is 0 Å². The molecular formula is C34H52N2O2. The molecule has 0 bridgehead atoms. The van der Waals surface area contributed by atoms with Crippen LogP contribution in [0.25, 0.3) is 11.1 Å². The van der Waals surface area contributed by atoms with E-state index in [4.69, 9.17) is 9.47 Å². The molecule has 4 rings (SSSR count). The van der Waals surface area contributed by atoms with Crippen molar-refractivity contribution in [1.82, 2.24) is 10.6 Å². The molecule has 2 fully saturated rings. The zero-order valence-corrected chi connectivity index (χ0v) is 25.0. The second-order valence-electron chi connectivity index (χ2n) is 13.2. The fraction of sp³-hybridized carbons (Fsp3) is 0.647. The highest BCUT2D eigenvalue weighted by molar-refractivity contribution is 5.64. The van der Waals surface area contributed by atoms with E-state index >= 15 is 0 Å². The normalized spacial score (nSPS) is 28.3. The molecule has 0 aliphatic carbocycles. The van der Waals surface area contributed by atoms with Crippen LogP contribution in [0.15, 0.2) is 48.5 Å². The van der Waals surface area contributed by atoms with Crippen LogP contribution in [-0.4, -0.2) is 36.4 Å². The quantitative estimate of drug-likeness (QED) is 0.355. The first-order chi connectivity index (χ1) is 18.1. The van der Waals surface area contributed by atoms with Gasteiger partial charge in [0.15, 0.2) is 0 Å². The van der Waals surface area contributed by atoms with Gasteiger partial charge in [0, 0.05) is 24.2 Å². The van der Waals surface area contributed by atoms with Gasteiger partial charge in [-0.1, -0.05) is 79.7 Å². The first kappa shape index (κ1) is 29.0. The molecule has 2 aliphatic rings. The lowest BCUT2D eigenvalue weighted by molar-refractivity contribution is 0.0877. The van der Waals surface area contributed by atoms with Crippen molar-refractivity contribution in [1.29, 1.82) is 0 Å². The van der Waals surface area contributed by atoms with Crippen LogP contribution in [0, 0.1) is 23.7 Å². The smallest absolute Gasteiger partial charge is 0.119 e. The van der Waals surface area contributed by atoms with Crippen LogP contribution in [0.1, 0.15) is 81.1 Å². The van der Waals surface area contributed by atoms with E-state index in [0.29, 0.717) is 47.8 Å². The third-order valence-electron chi connectivity index (χ3n) is 8.79. The molecular weight excluding hydrogens is 468 g/mol. The van der Waals surface area contributed by atoms with E-state index in [1.807, 2.05) is 0 Å². The zero-order valence-electron chi connectivity index (χ0n) is 25.0. The van der Waals surface area contributed by atoms with Crippen molar-refractivity contribution in [3.05, 3.63) is 48.5 Å². The maximum atomic E-state index is 6.50. The van der Waals surface area contributed by atoms with Gasteiger partial charge in [0.2, 0.25) is 0 Å². The molecule has 0 radical (unpaired) electrons. The molecule has 38 heavy (non-hydrogen) atoms. The Morgan fingerprint density at radius 2 is 0.737 bits per heavy atom. The molecule has 4 atom stereocenters. The lowest BCUT2D eigenvalue weighted by Crippen LogP contribution is -2.53. The summed E-state index contributed by atoms with van der Waals surface area (Å²) in [4.78, 5) is 0. The molecule has 2 heterocycles. The molecule has 0 saturated carbocycles. The van der Waals surface area contributed by atoms with E-state index in [9.17, 15) is 0 Å². The lowest BCUT2D eigenvalue weighted by Gasteiger charge is -2.40. The van der Waals surface area contributed by atoms with Gasteiger partial charge in [-0.25, -0.2) is 0 Å². The van der Waals surface area contributed by atoms with Crippen LogP contribution in [0.3, 0.4) is 0 Å². The van der Waals surface area contributed by atoms with Crippen LogP contribution in [0.4, 0.5) is 0 Å². The van der Waals surface area contributed by atoms with Gasteiger partial charge >= 0.3 is 0 Å². The second-order valence-corrected chi connectivity index (χ2v) is 13.2. The molecule has 4 heteroatoms. The van der Waals surface area contributed by atoms with Crippen LogP contribution in [0.5, 0.6) is 11.5 Å². The van der Waals surface area contributed by atoms with Crippen LogP contribution in [-0.2, 0) is 0 Å². The van der Waals surface area contributed by atoms with Crippen molar-refractivity contribution in [3.63, 3.8) is 0 Å². The highest BCUT2D eigenvalue weighted by atomic mass is 16.5. The van der Waals surface area contributed by atoms with Gasteiger partial charge in [-0.05, 0) is 84.7 Å². The molecule has 4 nitrogen and oxygen atoms in total. The standard InChI is InChI=1S/C34H52N2O2/c1-21(2)31-17-29(18-32(35-31)22(3)4)37-27-13-9-25(10-14-27)26-11-15-28(16-12-26)38-30-19-33(23(5)6)36-34(20-30)24(7)8/h9-16,21-24,29-36H,17-20H2,1-8H3. The van der Waals surface area contributed by atoms with Gasteiger partial charge < -0.3 is 20.1 Å². The Morgan fingerprint density at radius 1 is 0.474 bits per heavy atom. The molecule has 2 aromatic rings. The predicted octanol–water partition coefficient (Wildman–Crippen LogP) is 7.71. The van der Waals surface area contributed by atoms with E-state index in [0.717, 1.165) is 37.2 Å². The Morgan fingerprint density at radius 3 is 0.974 bits per heavy atom. The predicted molar refractivity (Wildman–Crippen MR) is 160 cm³/mol. The fourth-order valence-electron chi connectivity index (χ4n) is 6.04. The van der Waals surface area contributed by atoms with Crippen LogP contribution >= 0.6 is 0 Å². The number of ether oxygens (including phenoxy) is 2. The van der Waals surface area contributed by atoms with Crippen molar-refractivity contribution in [2.24, 2.45) is 23.7 Å². The summed E-state index contributed by atoms with van der Waals surface area (Å²) in [5, 5.41) is 7.70. The minimum absolute atomic E-state index is 0.263. The minimum Gasteiger partial charge on any atom is -0.490 e. The SMILES string of the molecule is CC(C)C1CC(Oc2ccc(-c3ccc(OC4CC(C(C)C)NC(C(C)C)C4)cc3)cc2)CC(C(C)C)N1. The number of nitrogens with one attached hydrogen (secondary N) is 2. The van der Waals surface area contributed by atoms with Crippen molar-refractivity contribution in [2.75, 3.05) is 0 Å². The highest BCUT2D eigenvalue weighted by Gasteiger charge is 2.33. The second kappa shape index (κ2) is 12.9. The molecule has 2 N–H and O–H groups in total. The summed E-state index contributed by atoms with van der Waals surface area (Å²) in [6, 6.07) is 19.3.